The molecule has 2 aliphatic rings. The Bertz CT molecular complexity index is 569. The van der Waals surface area contributed by atoms with Crippen LogP contribution in [-0.4, -0.2) is 31.6 Å². The second-order valence-electron chi connectivity index (χ2n) is 6.46. The quantitative estimate of drug-likeness (QED) is 0.761. The number of rotatable bonds is 4. The van der Waals surface area contributed by atoms with Crippen LogP contribution in [0.2, 0.25) is 0 Å². The number of urea groups is 1. The van der Waals surface area contributed by atoms with Crippen LogP contribution in [0.1, 0.15) is 42.9 Å². The number of quaternary nitrogens is 1. The lowest BCUT2D eigenvalue weighted by molar-refractivity contribution is -0.905. The molecule has 1 fully saturated rings. The first-order chi connectivity index (χ1) is 10.6. The van der Waals surface area contributed by atoms with Crippen LogP contribution < -0.4 is 15.5 Å². The molecule has 5 nitrogen and oxygen atoms in total. The molecule has 3 rings (SSSR count). The molecule has 1 unspecified atom stereocenters. The van der Waals surface area contributed by atoms with Gasteiger partial charge in [0.1, 0.15) is 6.04 Å². The van der Waals surface area contributed by atoms with E-state index < -0.39 is 0 Å². The summed E-state index contributed by atoms with van der Waals surface area (Å²) in [4.78, 5) is 24.8. The van der Waals surface area contributed by atoms with Gasteiger partial charge in [-0.2, -0.15) is 0 Å². The molecule has 5 heteroatoms. The standard InChI is InChI=1S/C17H23N3O2/c1-20(11-16(21)19-17(22)18-13-9-10-13)15-8-4-6-12-5-2-3-7-14(12)15/h2-3,5,7,13,15H,4,6,8-11H2,1H3,(H2,18,19,21,22)/p+1/t15-/m1/s1. The molecule has 1 aromatic rings. The number of aryl methyl sites for hydroxylation is 1. The van der Waals surface area contributed by atoms with E-state index in [0.717, 1.165) is 37.0 Å². The second kappa shape index (κ2) is 6.48. The number of nitrogens with one attached hydrogen (secondary N) is 3. The van der Waals surface area contributed by atoms with Crippen molar-refractivity contribution in [3.05, 3.63) is 35.4 Å². The van der Waals surface area contributed by atoms with Crippen LogP contribution in [0, 0.1) is 0 Å². The number of benzene rings is 1. The van der Waals surface area contributed by atoms with Crippen LogP contribution in [0.4, 0.5) is 4.79 Å². The number of imide groups is 1. The van der Waals surface area contributed by atoms with Gasteiger partial charge in [-0.25, -0.2) is 4.79 Å². The van der Waals surface area contributed by atoms with Crippen molar-refractivity contribution in [2.45, 2.75) is 44.2 Å². The lowest BCUT2D eigenvalue weighted by Gasteiger charge is -2.30. The van der Waals surface area contributed by atoms with Gasteiger partial charge in [0, 0.05) is 18.0 Å². The van der Waals surface area contributed by atoms with Crippen LogP contribution in [0.15, 0.2) is 24.3 Å². The summed E-state index contributed by atoms with van der Waals surface area (Å²) in [6, 6.07) is 8.73. The fraction of sp³-hybridized carbons (Fsp3) is 0.529. The van der Waals surface area contributed by atoms with Gasteiger partial charge in [0.15, 0.2) is 6.54 Å². The van der Waals surface area contributed by atoms with E-state index in [1.54, 1.807) is 0 Å². The smallest absolute Gasteiger partial charge is 0.321 e. The number of carbonyl (C=O) groups excluding carboxylic acids is 2. The third-order valence-corrected chi connectivity index (χ3v) is 4.57. The van der Waals surface area contributed by atoms with E-state index in [4.69, 9.17) is 0 Å². The number of hydrogen-bond acceptors (Lipinski definition) is 2. The SMILES string of the molecule is C[NH+](CC(=O)NC(=O)NC1CC1)[C@@H]1CCCc2ccccc21. The molecule has 118 valence electrons. The highest BCUT2D eigenvalue weighted by Crippen LogP contribution is 2.27. The lowest BCUT2D eigenvalue weighted by Crippen LogP contribution is -3.10. The maximum Gasteiger partial charge on any atom is 0.321 e. The van der Waals surface area contributed by atoms with Gasteiger partial charge in [0.2, 0.25) is 0 Å². The van der Waals surface area contributed by atoms with E-state index >= 15 is 0 Å². The first-order valence-electron chi connectivity index (χ1n) is 8.14. The molecule has 1 aromatic carbocycles. The summed E-state index contributed by atoms with van der Waals surface area (Å²) in [6.07, 6.45) is 5.40. The van der Waals surface area contributed by atoms with Crippen molar-refractivity contribution >= 4 is 11.9 Å². The first-order valence-corrected chi connectivity index (χ1v) is 8.14. The molecule has 22 heavy (non-hydrogen) atoms. The molecule has 0 saturated heterocycles. The van der Waals surface area contributed by atoms with Gasteiger partial charge >= 0.3 is 6.03 Å². The summed E-state index contributed by atoms with van der Waals surface area (Å²) in [5.74, 6) is -0.210. The maximum absolute atomic E-state index is 12.0. The molecular weight excluding hydrogens is 278 g/mol. The van der Waals surface area contributed by atoms with Gasteiger partial charge < -0.3 is 10.2 Å². The minimum atomic E-state index is -0.357. The zero-order valence-electron chi connectivity index (χ0n) is 13.0. The minimum Gasteiger partial charge on any atom is -0.335 e. The Morgan fingerprint density at radius 1 is 1.23 bits per heavy atom. The van der Waals surface area contributed by atoms with Crippen LogP contribution in [0.25, 0.3) is 0 Å². The summed E-state index contributed by atoms with van der Waals surface area (Å²) in [5.41, 5.74) is 2.74. The Balaban J connectivity index is 1.56. The average Bonchev–Trinajstić information content (AvgIpc) is 3.30. The number of fused-ring (bicyclic) bond motifs is 1. The summed E-state index contributed by atoms with van der Waals surface area (Å²) >= 11 is 0. The fourth-order valence-corrected chi connectivity index (χ4v) is 3.26. The predicted octanol–water partition coefficient (Wildman–Crippen LogP) is 0.567. The monoisotopic (exact) mass is 302 g/mol. The third-order valence-electron chi connectivity index (χ3n) is 4.57. The first kappa shape index (κ1) is 15.0. The Morgan fingerprint density at radius 3 is 2.77 bits per heavy atom. The molecule has 2 aliphatic carbocycles. The average molecular weight is 302 g/mol. The minimum absolute atomic E-state index is 0.210. The molecule has 1 saturated carbocycles. The van der Waals surface area contributed by atoms with Crippen molar-refractivity contribution in [2.24, 2.45) is 0 Å². The van der Waals surface area contributed by atoms with E-state index in [1.807, 2.05) is 7.05 Å². The molecule has 0 aromatic heterocycles. The Hall–Kier alpha value is -1.88. The molecule has 3 N–H and O–H groups in total. The van der Waals surface area contributed by atoms with Crippen LogP contribution in [-0.2, 0) is 11.2 Å². The lowest BCUT2D eigenvalue weighted by atomic mass is 9.87. The van der Waals surface area contributed by atoms with Crippen LogP contribution in [0.3, 0.4) is 0 Å². The molecule has 3 amide bonds. The zero-order valence-corrected chi connectivity index (χ0v) is 13.0. The van der Waals surface area contributed by atoms with Crippen molar-refractivity contribution in [3.63, 3.8) is 0 Å². The fourth-order valence-electron chi connectivity index (χ4n) is 3.26. The Morgan fingerprint density at radius 2 is 2.00 bits per heavy atom. The number of amides is 3. The highest BCUT2D eigenvalue weighted by molar-refractivity contribution is 5.94. The number of carbonyl (C=O) groups is 2. The summed E-state index contributed by atoms with van der Waals surface area (Å²) in [6.45, 7) is 0.317. The van der Waals surface area contributed by atoms with Gasteiger partial charge in [-0.15, -0.1) is 0 Å². The Kier molecular flexibility index (Phi) is 4.43. The van der Waals surface area contributed by atoms with Gasteiger partial charge in [-0.3, -0.25) is 10.1 Å². The summed E-state index contributed by atoms with van der Waals surface area (Å²) in [5, 5.41) is 5.21. The van der Waals surface area contributed by atoms with Crippen molar-refractivity contribution in [2.75, 3.05) is 13.6 Å². The number of likely N-dealkylation sites (N-methyl/N-ethyl adjacent to an activating group) is 1. The molecule has 0 aliphatic heterocycles. The second-order valence-corrected chi connectivity index (χ2v) is 6.46. The topological polar surface area (TPSA) is 62.6 Å². The van der Waals surface area contributed by atoms with Crippen molar-refractivity contribution in [1.82, 2.24) is 10.6 Å². The molecular formula is C17H24N3O2+. The normalized spacial score (nSPS) is 21.6. The third kappa shape index (κ3) is 3.65. The van der Waals surface area contributed by atoms with Gasteiger partial charge in [0.05, 0.1) is 7.05 Å². The summed E-state index contributed by atoms with van der Waals surface area (Å²) in [7, 11) is 2.03. The van der Waals surface area contributed by atoms with E-state index in [2.05, 4.69) is 34.9 Å². The number of hydrogen-bond donors (Lipinski definition) is 3. The van der Waals surface area contributed by atoms with Crippen LogP contribution >= 0.6 is 0 Å². The summed E-state index contributed by atoms with van der Waals surface area (Å²) < 4.78 is 0. The maximum atomic E-state index is 12.0. The highest BCUT2D eigenvalue weighted by Gasteiger charge is 2.29. The van der Waals surface area contributed by atoms with Gasteiger partial charge in [0.25, 0.3) is 5.91 Å². The van der Waals surface area contributed by atoms with Crippen molar-refractivity contribution in [1.29, 1.82) is 0 Å². The Labute approximate surface area is 131 Å². The highest BCUT2D eigenvalue weighted by atomic mass is 16.2. The van der Waals surface area contributed by atoms with E-state index in [1.165, 1.54) is 11.1 Å². The van der Waals surface area contributed by atoms with E-state index in [0.29, 0.717) is 12.6 Å². The van der Waals surface area contributed by atoms with Crippen LogP contribution in [0.5, 0.6) is 0 Å². The van der Waals surface area contributed by atoms with E-state index in [-0.39, 0.29) is 18.0 Å². The van der Waals surface area contributed by atoms with Crippen molar-refractivity contribution in [3.8, 4) is 0 Å². The molecule has 0 spiro atoms. The predicted molar refractivity (Wildman–Crippen MR) is 83.6 cm³/mol. The van der Waals surface area contributed by atoms with Crippen molar-refractivity contribution < 1.29 is 14.5 Å². The van der Waals surface area contributed by atoms with E-state index in [9.17, 15) is 9.59 Å². The molecule has 0 bridgehead atoms. The van der Waals surface area contributed by atoms with Gasteiger partial charge in [-0.05, 0) is 31.2 Å². The van der Waals surface area contributed by atoms with Gasteiger partial charge in [-0.1, -0.05) is 24.3 Å². The molecule has 0 heterocycles. The molecule has 0 radical (unpaired) electrons. The largest absolute Gasteiger partial charge is 0.335 e. The zero-order chi connectivity index (χ0) is 15.5. The molecule has 2 atom stereocenters.